The number of pyridine rings is 1. The summed E-state index contributed by atoms with van der Waals surface area (Å²) in [5, 5.41) is 10.8. The minimum absolute atomic E-state index is 0.519. The number of nitrogens with zero attached hydrogens (tertiary/aromatic N) is 1. The molecule has 0 aliphatic rings. The van der Waals surface area contributed by atoms with E-state index in [4.69, 9.17) is 23.8 Å². The molecule has 1 heterocycles. The monoisotopic (exact) mass is 382 g/mol. The standard InChI is InChI=1S/C20H19ClN4S/c1-14-6-8-16(9-7-14)24-19-11-10-17(13-22-19)25-20(26)23-12-15-4-2-3-5-18(15)21/h2-11,13H,12H2,1H3,(H,22,24)(H2,23,25,26). The molecule has 0 radical (unpaired) electrons. The fraction of sp³-hybridized carbons (Fsp3) is 0.100. The Balaban J connectivity index is 1.52. The molecule has 0 aliphatic heterocycles. The van der Waals surface area contributed by atoms with E-state index in [2.05, 4.69) is 40.0 Å². The number of hydrogen-bond donors (Lipinski definition) is 3. The number of rotatable bonds is 5. The van der Waals surface area contributed by atoms with Crippen molar-refractivity contribution >= 4 is 46.1 Å². The van der Waals surface area contributed by atoms with E-state index in [0.717, 1.165) is 27.8 Å². The van der Waals surface area contributed by atoms with E-state index in [1.807, 2.05) is 48.5 Å². The van der Waals surface area contributed by atoms with Gasteiger partial charge in [0, 0.05) is 17.3 Å². The quantitative estimate of drug-likeness (QED) is 0.524. The minimum atomic E-state index is 0.519. The van der Waals surface area contributed by atoms with Crippen LogP contribution in [0, 0.1) is 6.92 Å². The minimum Gasteiger partial charge on any atom is -0.358 e. The number of hydrogen-bond acceptors (Lipinski definition) is 3. The Morgan fingerprint density at radius 1 is 1.00 bits per heavy atom. The van der Waals surface area contributed by atoms with Crippen molar-refractivity contribution in [2.45, 2.75) is 13.5 Å². The van der Waals surface area contributed by atoms with E-state index in [1.165, 1.54) is 5.56 Å². The number of aryl methyl sites for hydroxylation is 1. The maximum atomic E-state index is 6.14. The van der Waals surface area contributed by atoms with Crippen LogP contribution < -0.4 is 16.0 Å². The van der Waals surface area contributed by atoms with Crippen molar-refractivity contribution in [3.63, 3.8) is 0 Å². The summed E-state index contributed by atoms with van der Waals surface area (Å²) in [4.78, 5) is 4.40. The average Bonchev–Trinajstić information content (AvgIpc) is 2.64. The van der Waals surface area contributed by atoms with Gasteiger partial charge < -0.3 is 16.0 Å². The fourth-order valence-electron chi connectivity index (χ4n) is 2.32. The number of benzene rings is 2. The summed E-state index contributed by atoms with van der Waals surface area (Å²) >= 11 is 11.5. The van der Waals surface area contributed by atoms with Gasteiger partial charge in [-0.3, -0.25) is 0 Å². The summed E-state index contributed by atoms with van der Waals surface area (Å²) in [6, 6.07) is 19.7. The van der Waals surface area contributed by atoms with Crippen LogP contribution in [-0.2, 0) is 6.54 Å². The van der Waals surface area contributed by atoms with Crippen molar-refractivity contribution in [2.24, 2.45) is 0 Å². The van der Waals surface area contributed by atoms with E-state index in [-0.39, 0.29) is 0 Å². The van der Waals surface area contributed by atoms with Crippen LogP contribution in [0.25, 0.3) is 0 Å². The lowest BCUT2D eigenvalue weighted by Crippen LogP contribution is -2.28. The van der Waals surface area contributed by atoms with Crippen LogP contribution in [0.2, 0.25) is 5.02 Å². The maximum Gasteiger partial charge on any atom is 0.171 e. The van der Waals surface area contributed by atoms with Crippen LogP contribution >= 0.6 is 23.8 Å². The van der Waals surface area contributed by atoms with Crippen LogP contribution in [-0.4, -0.2) is 10.1 Å². The van der Waals surface area contributed by atoms with E-state index in [0.29, 0.717) is 11.7 Å². The average molecular weight is 383 g/mol. The van der Waals surface area contributed by atoms with Crippen LogP contribution in [0.4, 0.5) is 17.2 Å². The molecule has 0 amide bonds. The molecule has 3 rings (SSSR count). The molecule has 4 nitrogen and oxygen atoms in total. The van der Waals surface area contributed by atoms with E-state index in [9.17, 15) is 0 Å². The normalized spacial score (nSPS) is 10.2. The van der Waals surface area contributed by atoms with Crippen LogP contribution in [0.5, 0.6) is 0 Å². The topological polar surface area (TPSA) is 49.0 Å². The fourth-order valence-corrected chi connectivity index (χ4v) is 2.71. The van der Waals surface area contributed by atoms with E-state index in [1.54, 1.807) is 6.20 Å². The molecule has 0 bridgehead atoms. The van der Waals surface area contributed by atoms with Gasteiger partial charge in [0.05, 0.1) is 11.9 Å². The highest BCUT2D eigenvalue weighted by Crippen LogP contribution is 2.17. The van der Waals surface area contributed by atoms with Gasteiger partial charge in [0.2, 0.25) is 0 Å². The predicted octanol–water partition coefficient (Wildman–Crippen LogP) is 5.27. The number of aromatic nitrogens is 1. The van der Waals surface area contributed by atoms with E-state index >= 15 is 0 Å². The lowest BCUT2D eigenvalue weighted by atomic mass is 10.2. The van der Waals surface area contributed by atoms with Gasteiger partial charge in [-0.25, -0.2) is 4.98 Å². The largest absolute Gasteiger partial charge is 0.358 e. The zero-order chi connectivity index (χ0) is 18.4. The molecule has 0 aliphatic carbocycles. The highest BCUT2D eigenvalue weighted by Gasteiger charge is 2.02. The van der Waals surface area contributed by atoms with Crippen molar-refractivity contribution in [3.8, 4) is 0 Å². The molecule has 3 aromatic rings. The van der Waals surface area contributed by atoms with Crippen molar-refractivity contribution < 1.29 is 0 Å². The van der Waals surface area contributed by atoms with Gasteiger partial charge in [-0.1, -0.05) is 47.5 Å². The molecule has 0 atom stereocenters. The lowest BCUT2D eigenvalue weighted by molar-refractivity contribution is 0.926. The Kier molecular flexibility index (Phi) is 6.04. The SMILES string of the molecule is Cc1ccc(Nc2ccc(NC(=S)NCc3ccccc3Cl)cn2)cc1. The van der Waals surface area contributed by atoms with Gasteiger partial charge in [-0.05, 0) is 55.0 Å². The zero-order valence-electron chi connectivity index (χ0n) is 14.3. The lowest BCUT2D eigenvalue weighted by Gasteiger charge is -2.12. The second-order valence-electron chi connectivity index (χ2n) is 5.82. The first-order valence-electron chi connectivity index (χ1n) is 8.18. The molecule has 0 unspecified atom stereocenters. The number of nitrogens with one attached hydrogen (secondary N) is 3. The van der Waals surface area contributed by atoms with Crippen molar-refractivity contribution in [1.29, 1.82) is 0 Å². The Labute approximate surface area is 163 Å². The molecular formula is C20H19ClN4S. The molecule has 6 heteroatoms. The molecule has 0 spiro atoms. The third-order valence-corrected chi connectivity index (χ3v) is 4.36. The highest BCUT2D eigenvalue weighted by atomic mass is 35.5. The first-order valence-corrected chi connectivity index (χ1v) is 8.97. The predicted molar refractivity (Wildman–Crippen MR) is 113 cm³/mol. The van der Waals surface area contributed by atoms with Gasteiger partial charge in [0.25, 0.3) is 0 Å². The first kappa shape index (κ1) is 18.2. The van der Waals surface area contributed by atoms with Gasteiger partial charge in [-0.2, -0.15) is 0 Å². The van der Waals surface area contributed by atoms with Gasteiger partial charge in [0.15, 0.2) is 5.11 Å². The molecular weight excluding hydrogens is 364 g/mol. The summed E-state index contributed by atoms with van der Waals surface area (Å²) < 4.78 is 0. The molecule has 0 saturated heterocycles. The Morgan fingerprint density at radius 3 is 2.42 bits per heavy atom. The Bertz CT molecular complexity index is 879. The Hall–Kier alpha value is -2.63. The van der Waals surface area contributed by atoms with Crippen LogP contribution in [0.3, 0.4) is 0 Å². The molecule has 132 valence electrons. The maximum absolute atomic E-state index is 6.14. The summed E-state index contributed by atoms with van der Waals surface area (Å²) in [5.41, 5.74) is 4.03. The van der Waals surface area contributed by atoms with Gasteiger partial charge in [0.1, 0.15) is 5.82 Å². The van der Waals surface area contributed by atoms with Gasteiger partial charge >= 0.3 is 0 Å². The van der Waals surface area contributed by atoms with Crippen molar-refractivity contribution in [2.75, 3.05) is 10.6 Å². The highest BCUT2D eigenvalue weighted by molar-refractivity contribution is 7.80. The third kappa shape index (κ3) is 5.18. The third-order valence-electron chi connectivity index (χ3n) is 3.74. The molecule has 2 aromatic carbocycles. The van der Waals surface area contributed by atoms with Gasteiger partial charge in [-0.15, -0.1) is 0 Å². The summed E-state index contributed by atoms with van der Waals surface area (Å²) in [5.74, 6) is 0.773. The second-order valence-corrected chi connectivity index (χ2v) is 6.64. The summed E-state index contributed by atoms with van der Waals surface area (Å²) in [7, 11) is 0. The molecule has 0 fully saturated rings. The Morgan fingerprint density at radius 2 is 1.73 bits per heavy atom. The number of thiocarbonyl (C=S) groups is 1. The number of anilines is 3. The van der Waals surface area contributed by atoms with E-state index < -0.39 is 0 Å². The molecule has 26 heavy (non-hydrogen) atoms. The molecule has 1 aromatic heterocycles. The van der Waals surface area contributed by atoms with Crippen molar-refractivity contribution in [3.05, 3.63) is 83.0 Å². The first-order chi connectivity index (χ1) is 12.6. The molecule has 3 N–H and O–H groups in total. The van der Waals surface area contributed by atoms with Crippen LogP contribution in [0.15, 0.2) is 66.9 Å². The zero-order valence-corrected chi connectivity index (χ0v) is 15.9. The summed E-state index contributed by atoms with van der Waals surface area (Å²) in [6.45, 7) is 2.62. The van der Waals surface area contributed by atoms with Crippen LogP contribution in [0.1, 0.15) is 11.1 Å². The number of halogens is 1. The summed E-state index contributed by atoms with van der Waals surface area (Å²) in [6.07, 6.45) is 1.74. The second kappa shape index (κ2) is 8.65. The smallest absolute Gasteiger partial charge is 0.171 e. The van der Waals surface area contributed by atoms with Crippen molar-refractivity contribution in [1.82, 2.24) is 10.3 Å². The molecule has 0 saturated carbocycles.